The van der Waals surface area contributed by atoms with Crippen LogP contribution in [0.3, 0.4) is 0 Å². The maximum Gasteiger partial charge on any atom is 0.342 e. The fourth-order valence-corrected chi connectivity index (χ4v) is 2.14. The van der Waals surface area contributed by atoms with Gasteiger partial charge < -0.3 is 15.0 Å². The van der Waals surface area contributed by atoms with Gasteiger partial charge in [0.1, 0.15) is 6.33 Å². The van der Waals surface area contributed by atoms with Crippen LogP contribution in [-0.4, -0.2) is 62.9 Å². The number of carbonyl (C=O) groups excluding carboxylic acids is 1. The molecule has 2 aromatic heterocycles. The van der Waals surface area contributed by atoms with Crippen LogP contribution in [0.4, 0.5) is 10.7 Å². The SMILES string of the molecule is CC(C)NC(=O)n1ccc(-n2cnc(N3CCOCC3)n2)n1. The molecule has 0 saturated carbocycles. The minimum absolute atomic E-state index is 0.0550. The molecule has 0 atom stereocenters. The summed E-state index contributed by atoms with van der Waals surface area (Å²) in [5.74, 6) is 1.19. The summed E-state index contributed by atoms with van der Waals surface area (Å²) in [6.07, 6.45) is 3.20. The number of aromatic nitrogens is 5. The number of anilines is 1. The maximum atomic E-state index is 11.9. The number of hydrogen-bond acceptors (Lipinski definition) is 6. The molecule has 0 spiro atoms. The molecular formula is C13H19N7O2. The minimum Gasteiger partial charge on any atom is -0.378 e. The van der Waals surface area contributed by atoms with E-state index in [-0.39, 0.29) is 12.1 Å². The Morgan fingerprint density at radius 1 is 1.32 bits per heavy atom. The van der Waals surface area contributed by atoms with Crippen molar-refractivity contribution in [3.63, 3.8) is 0 Å². The Bertz CT molecular complexity index is 642. The lowest BCUT2D eigenvalue weighted by molar-refractivity contribution is 0.122. The lowest BCUT2D eigenvalue weighted by atomic mass is 10.4. The van der Waals surface area contributed by atoms with Gasteiger partial charge in [-0.2, -0.15) is 14.3 Å². The number of ether oxygens (including phenoxy) is 1. The highest BCUT2D eigenvalue weighted by molar-refractivity contribution is 5.76. The van der Waals surface area contributed by atoms with Gasteiger partial charge >= 0.3 is 6.03 Å². The first-order valence-corrected chi connectivity index (χ1v) is 7.25. The molecule has 0 unspecified atom stereocenters. The third kappa shape index (κ3) is 3.08. The first kappa shape index (κ1) is 14.5. The molecule has 1 amide bonds. The van der Waals surface area contributed by atoms with Gasteiger partial charge in [-0.25, -0.2) is 4.79 Å². The van der Waals surface area contributed by atoms with Crippen molar-refractivity contribution >= 4 is 12.0 Å². The van der Waals surface area contributed by atoms with E-state index in [1.807, 2.05) is 13.8 Å². The van der Waals surface area contributed by atoms with Crippen molar-refractivity contribution in [2.24, 2.45) is 0 Å². The van der Waals surface area contributed by atoms with Crippen molar-refractivity contribution < 1.29 is 9.53 Å². The summed E-state index contributed by atoms with van der Waals surface area (Å²) in [5.41, 5.74) is 0. The molecule has 3 rings (SSSR count). The zero-order valence-electron chi connectivity index (χ0n) is 12.6. The quantitative estimate of drug-likeness (QED) is 0.875. The van der Waals surface area contributed by atoms with Crippen LogP contribution in [0.2, 0.25) is 0 Å². The zero-order chi connectivity index (χ0) is 15.5. The third-order valence-electron chi connectivity index (χ3n) is 3.20. The van der Waals surface area contributed by atoms with E-state index >= 15 is 0 Å². The van der Waals surface area contributed by atoms with Gasteiger partial charge in [0.2, 0.25) is 5.95 Å². The second-order valence-corrected chi connectivity index (χ2v) is 5.31. The van der Waals surface area contributed by atoms with Crippen LogP contribution in [0, 0.1) is 0 Å². The molecule has 1 aliphatic heterocycles. The molecule has 0 radical (unpaired) electrons. The smallest absolute Gasteiger partial charge is 0.342 e. The summed E-state index contributed by atoms with van der Waals surface area (Å²) in [6, 6.07) is 1.51. The molecule has 0 bridgehead atoms. The Hall–Kier alpha value is -2.42. The maximum absolute atomic E-state index is 11.9. The predicted octanol–water partition coefficient (Wildman–Crippen LogP) is 0.266. The molecule has 118 valence electrons. The predicted molar refractivity (Wildman–Crippen MR) is 79.2 cm³/mol. The molecule has 9 heteroatoms. The second-order valence-electron chi connectivity index (χ2n) is 5.31. The fraction of sp³-hybridized carbons (Fsp3) is 0.538. The summed E-state index contributed by atoms with van der Waals surface area (Å²) in [5, 5.41) is 11.4. The molecule has 1 fully saturated rings. The first-order valence-electron chi connectivity index (χ1n) is 7.25. The van der Waals surface area contributed by atoms with Gasteiger partial charge in [-0.05, 0) is 13.8 Å². The largest absolute Gasteiger partial charge is 0.378 e. The molecule has 2 aromatic rings. The average molecular weight is 305 g/mol. The van der Waals surface area contributed by atoms with Gasteiger partial charge in [-0.3, -0.25) is 0 Å². The van der Waals surface area contributed by atoms with E-state index in [0.717, 1.165) is 13.1 Å². The Morgan fingerprint density at radius 2 is 2.09 bits per heavy atom. The van der Waals surface area contributed by atoms with E-state index in [4.69, 9.17) is 4.74 Å². The number of nitrogens with one attached hydrogen (secondary N) is 1. The molecule has 9 nitrogen and oxygen atoms in total. The lowest BCUT2D eigenvalue weighted by Crippen LogP contribution is -2.37. The molecule has 1 N–H and O–H groups in total. The minimum atomic E-state index is -0.269. The van der Waals surface area contributed by atoms with Crippen LogP contribution in [0.1, 0.15) is 13.8 Å². The third-order valence-corrected chi connectivity index (χ3v) is 3.20. The van der Waals surface area contributed by atoms with E-state index in [0.29, 0.717) is 25.0 Å². The van der Waals surface area contributed by atoms with Crippen molar-refractivity contribution in [2.75, 3.05) is 31.2 Å². The van der Waals surface area contributed by atoms with E-state index in [1.165, 1.54) is 4.68 Å². The number of carbonyl (C=O) groups is 1. The topological polar surface area (TPSA) is 90.1 Å². The average Bonchev–Trinajstić information content (AvgIpc) is 3.17. The monoisotopic (exact) mass is 305 g/mol. The van der Waals surface area contributed by atoms with Crippen molar-refractivity contribution in [1.29, 1.82) is 0 Å². The number of amides is 1. The zero-order valence-corrected chi connectivity index (χ0v) is 12.6. The molecular weight excluding hydrogens is 286 g/mol. The summed E-state index contributed by atoms with van der Waals surface area (Å²) in [7, 11) is 0. The number of hydrogen-bond donors (Lipinski definition) is 1. The number of rotatable bonds is 3. The van der Waals surface area contributed by atoms with Gasteiger partial charge in [0.25, 0.3) is 0 Å². The van der Waals surface area contributed by atoms with Gasteiger partial charge in [0.15, 0.2) is 5.82 Å². The van der Waals surface area contributed by atoms with Crippen LogP contribution in [0.5, 0.6) is 0 Å². The molecule has 1 aliphatic rings. The Kier molecular flexibility index (Phi) is 4.05. The molecule has 0 aliphatic carbocycles. The van der Waals surface area contributed by atoms with Crippen molar-refractivity contribution in [3.8, 4) is 5.82 Å². The van der Waals surface area contributed by atoms with E-state index in [1.54, 1.807) is 23.3 Å². The van der Waals surface area contributed by atoms with E-state index < -0.39 is 0 Å². The van der Waals surface area contributed by atoms with Crippen LogP contribution in [0.25, 0.3) is 5.82 Å². The van der Waals surface area contributed by atoms with Gasteiger partial charge in [0.05, 0.1) is 13.2 Å². The van der Waals surface area contributed by atoms with Crippen molar-refractivity contribution in [3.05, 3.63) is 18.6 Å². The lowest BCUT2D eigenvalue weighted by Gasteiger charge is -2.25. The van der Waals surface area contributed by atoms with Crippen LogP contribution >= 0.6 is 0 Å². The van der Waals surface area contributed by atoms with Crippen LogP contribution in [0.15, 0.2) is 18.6 Å². The first-order chi connectivity index (χ1) is 10.6. The van der Waals surface area contributed by atoms with Gasteiger partial charge in [-0.15, -0.1) is 10.2 Å². The number of morpholine rings is 1. The molecule has 1 saturated heterocycles. The summed E-state index contributed by atoms with van der Waals surface area (Å²) in [4.78, 5) is 18.2. The summed E-state index contributed by atoms with van der Waals surface area (Å²) in [6.45, 7) is 6.70. The number of nitrogens with zero attached hydrogens (tertiary/aromatic N) is 6. The Balaban J connectivity index is 1.73. The van der Waals surface area contributed by atoms with E-state index in [2.05, 4.69) is 25.4 Å². The Labute approximate surface area is 127 Å². The normalized spacial score (nSPS) is 15.3. The highest BCUT2D eigenvalue weighted by atomic mass is 16.5. The molecule has 0 aromatic carbocycles. The van der Waals surface area contributed by atoms with E-state index in [9.17, 15) is 4.79 Å². The second kappa shape index (κ2) is 6.14. The standard InChI is InChI=1S/C13H19N7O2/c1-10(2)15-13(21)19-4-3-11(16-19)20-9-14-12(17-20)18-5-7-22-8-6-18/h3-4,9-10H,5-8H2,1-2H3,(H,15,21). The van der Waals surface area contributed by atoms with Crippen molar-refractivity contribution in [2.45, 2.75) is 19.9 Å². The highest BCUT2D eigenvalue weighted by Crippen LogP contribution is 2.11. The highest BCUT2D eigenvalue weighted by Gasteiger charge is 2.16. The van der Waals surface area contributed by atoms with Gasteiger partial charge in [0, 0.05) is 31.4 Å². The summed E-state index contributed by atoms with van der Waals surface area (Å²) < 4.78 is 8.12. The van der Waals surface area contributed by atoms with Gasteiger partial charge in [-0.1, -0.05) is 0 Å². The Morgan fingerprint density at radius 3 is 2.82 bits per heavy atom. The fourth-order valence-electron chi connectivity index (χ4n) is 2.14. The van der Waals surface area contributed by atoms with Crippen LogP contribution < -0.4 is 10.2 Å². The molecule has 3 heterocycles. The van der Waals surface area contributed by atoms with Crippen LogP contribution in [-0.2, 0) is 4.74 Å². The van der Waals surface area contributed by atoms with Crippen molar-refractivity contribution in [1.82, 2.24) is 29.9 Å². The molecule has 22 heavy (non-hydrogen) atoms. The summed E-state index contributed by atoms with van der Waals surface area (Å²) >= 11 is 0.